The number of aliphatic hydroxyl groups is 1. The normalized spacial score (nSPS) is 24.1. The summed E-state index contributed by atoms with van der Waals surface area (Å²) in [7, 11) is 0. The van der Waals surface area contributed by atoms with Gasteiger partial charge in [0.2, 0.25) is 0 Å². The van der Waals surface area contributed by atoms with Gasteiger partial charge in [0.05, 0.1) is 0 Å². The first kappa shape index (κ1) is 14.5. The van der Waals surface area contributed by atoms with Crippen molar-refractivity contribution in [2.24, 2.45) is 11.8 Å². The molecule has 0 bridgehead atoms. The summed E-state index contributed by atoms with van der Waals surface area (Å²) in [5.41, 5.74) is 0. The van der Waals surface area contributed by atoms with E-state index in [1.54, 1.807) is 0 Å². The Morgan fingerprint density at radius 1 is 1.18 bits per heavy atom. The van der Waals surface area contributed by atoms with Gasteiger partial charge in [-0.1, -0.05) is 12.8 Å². The lowest BCUT2D eigenvalue weighted by Crippen LogP contribution is -2.27. The maximum absolute atomic E-state index is 10.3. The van der Waals surface area contributed by atoms with Crippen LogP contribution in [0.25, 0.3) is 0 Å². The summed E-state index contributed by atoms with van der Waals surface area (Å²) >= 11 is 0. The van der Waals surface area contributed by atoms with Crippen LogP contribution in [0.3, 0.4) is 0 Å². The Hall–Kier alpha value is -0.610. The molecular formula is C13H25NO3. The Labute approximate surface area is 103 Å². The van der Waals surface area contributed by atoms with Crippen molar-refractivity contribution in [1.29, 1.82) is 0 Å². The molecule has 1 aliphatic carbocycles. The summed E-state index contributed by atoms with van der Waals surface area (Å²) < 4.78 is 0. The van der Waals surface area contributed by atoms with E-state index >= 15 is 0 Å². The van der Waals surface area contributed by atoms with Gasteiger partial charge in [-0.25, -0.2) is 0 Å². The molecule has 0 aliphatic heterocycles. The van der Waals surface area contributed by atoms with E-state index in [-0.39, 0.29) is 6.42 Å². The second-order valence-corrected chi connectivity index (χ2v) is 5.04. The average Bonchev–Trinajstić information content (AvgIpc) is 2.74. The highest BCUT2D eigenvalue weighted by Crippen LogP contribution is 2.30. The van der Waals surface area contributed by atoms with Gasteiger partial charge in [-0.2, -0.15) is 0 Å². The van der Waals surface area contributed by atoms with Crippen LogP contribution in [-0.4, -0.2) is 35.9 Å². The van der Waals surface area contributed by atoms with Crippen molar-refractivity contribution in [2.75, 3.05) is 19.7 Å². The minimum absolute atomic E-state index is 0.287. The molecule has 1 saturated carbocycles. The molecule has 1 fully saturated rings. The van der Waals surface area contributed by atoms with Crippen LogP contribution in [0.1, 0.15) is 44.9 Å². The number of carboxylic acids is 1. The van der Waals surface area contributed by atoms with E-state index in [4.69, 9.17) is 5.11 Å². The maximum atomic E-state index is 10.3. The average molecular weight is 243 g/mol. The SMILES string of the molecule is O=C(O)CCCCCNCC1CCCC1CO. The monoisotopic (exact) mass is 243 g/mol. The third-order valence-electron chi connectivity index (χ3n) is 3.70. The number of aliphatic carboxylic acids is 1. The van der Waals surface area contributed by atoms with Crippen LogP contribution in [0.4, 0.5) is 0 Å². The maximum Gasteiger partial charge on any atom is 0.303 e. The third-order valence-corrected chi connectivity index (χ3v) is 3.70. The number of carboxylic acid groups (broad SMARTS) is 1. The zero-order chi connectivity index (χ0) is 12.5. The Bertz CT molecular complexity index is 221. The predicted octanol–water partition coefficient (Wildman–Crippen LogP) is 1.63. The van der Waals surface area contributed by atoms with Crippen LogP contribution in [0.5, 0.6) is 0 Å². The summed E-state index contributed by atoms with van der Waals surface area (Å²) in [6.45, 7) is 2.30. The number of rotatable bonds is 9. The van der Waals surface area contributed by atoms with Gasteiger partial charge in [0.15, 0.2) is 0 Å². The van der Waals surface area contributed by atoms with E-state index in [1.807, 2.05) is 0 Å². The summed E-state index contributed by atoms with van der Waals surface area (Å²) in [5, 5.41) is 21.1. The van der Waals surface area contributed by atoms with E-state index < -0.39 is 5.97 Å². The van der Waals surface area contributed by atoms with Crippen LogP contribution in [0, 0.1) is 11.8 Å². The lowest BCUT2D eigenvalue weighted by molar-refractivity contribution is -0.137. The number of aliphatic hydroxyl groups excluding tert-OH is 1. The smallest absolute Gasteiger partial charge is 0.303 e. The molecule has 4 heteroatoms. The van der Waals surface area contributed by atoms with E-state index in [0.717, 1.165) is 32.4 Å². The molecule has 0 heterocycles. The first-order chi connectivity index (χ1) is 8.24. The van der Waals surface area contributed by atoms with Gasteiger partial charge in [0.25, 0.3) is 0 Å². The van der Waals surface area contributed by atoms with Crippen LogP contribution >= 0.6 is 0 Å². The lowest BCUT2D eigenvalue weighted by atomic mass is 9.97. The zero-order valence-corrected chi connectivity index (χ0v) is 10.5. The highest BCUT2D eigenvalue weighted by molar-refractivity contribution is 5.66. The fraction of sp³-hybridized carbons (Fsp3) is 0.923. The topological polar surface area (TPSA) is 69.6 Å². The summed E-state index contributed by atoms with van der Waals surface area (Å²) in [6, 6.07) is 0. The van der Waals surface area contributed by atoms with Crippen molar-refractivity contribution < 1.29 is 15.0 Å². The molecule has 17 heavy (non-hydrogen) atoms. The minimum atomic E-state index is -0.699. The fourth-order valence-corrected chi connectivity index (χ4v) is 2.61. The molecule has 1 rings (SSSR count). The van der Waals surface area contributed by atoms with E-state index in [1.165, 1.54) is 19.3 Å². The van der Waals surface area contributed by atoms with Crippen LogP contribution in [0.15, 0.2) is 0 Å². The molecule has 0 aromatic rings. The molecule has 0 spiro atoms. The first-order valence-corrected chi connectivity index (χ1v) is 6.77. The Balaban J connectivity index is 1.92. The highest BCUT2D eigenvalue weighted by Gasteiger charge is 2.25. The van der Waals surface area contributed by atoms with Crippen molar-refractivity contribution in [1.82, 2.24) is 5.32 Å². The van der Waals surface area contributed by atoms with Gasteiger partial charge in [-0.05, 0) is 50.6 Å². The number of carbonyl (C=O) groups is 1. The largest absolute Gasteiger partial charge is 0.481 e. The van der Waals surface area contributed by atoms with Crippen molar-refractivity contribution in [2.45, 2.75) is 44.9 Å². The van der Waals surface area contributed by atoms with Crippen LogP contribution < -0.4 is 5.32 Å². The lowest BCUT2D eigenvalue weighted by Gasteiger charge is -2.17. The summed E-state index contributed by atoms with van der Waals surface area (Å²) in [4.78, 5) is 10.3. The molecule has 0 radical (unpaired) electrons. The minimum Gasteiger partial charge on any atom is -0.481 e. The number of nitrogens with one attached hydrogen (secondary N) is 1. The molecule has 0 amide bonds. The van der Waals surface area contributed by atoms with Gasteiger partial charge in [0.1, 0.15) is 0 Å². The van der Waals surface area contributed by atoms with Gasteiger partial charge in [0, 0.05) is 13.0 Å². The molecule has 0 saturated heterocycles. The van der Waals surface area contributed by atoms with Crippen molar-refractivity contribution >= 4 is 5.97 Å². The van der Waals surface area contributed by atoms with Crippen molar-refractivity contribution in [3.63, 3.8) is 0 Å². The van der Waals surface area contributed by atoms with E-state index in [9.17, 15) is 9.90 Å². The zero-order valence-electron chi connectivity index (χ0n) is 10.5. The summed E-state index contributed by atoms with van der Waals surface area (Å²) in [5.74, 6) is 0.434. The number of hydrogen-bond donors (Lipinski definition) is 3. The molecular weight excluding hydrogens is 218 g/mol. The van der Waals surface area contributed by atoms with Gasteiger partial charge < -0.3 is 15.5 Å². The Morgan fingerprint density at radius 2 is 1.94 bits per heavy atom. The van der Waals surface area contributed by atoms with Crippen LogP contribution in [0.2, 0.25) is 0 Å². The molecule has 0 aromatic carbocycles. The van der Waals surface area contributed by atoms with Crippen molar-refractivity contribution in [3.8, 4) is 0 Å². The van der Waals surface area contributed by atoms with Gasteiger partial charge >= 0.3 is 5.97 Å². The molecule has 0 aromatic heterocycles. The molecule has 3 N–H and O–H groups in total. The Kier molecular flexibility index (Phi) is 7.21. The molecule has 100 valence electrons. The van der Waals surface area contributed by atoms with E-state index in [2.05, 4.69) is 5.32 Å². The third kappa shape index (κ3) is 6.03. The standard InChI is InChI=1S/C13H25NO3/c15-10-12-6-4-5-11(12)9-14-8-3-1-2-7-13(16)17/h11-12,14-15H,1-10H2,(H,16,17). The second kappa shape index (κ2) is 8.48. The first-order valence-electron chi connectivity index (χ1n) is 6.77. The van der Waals surface area contributed by atoms with Gasteiger partial charge in [-0.15, -0.1) is 0 Å². The quantitative estimate of drug-likeness (QED) is 0.538. The molecule has 4 nitrogen and oxygen atoms in total. The van der Waals surface area contributed by atoms with Crippen molar-refractivity contribution in [3.05, 3.63) is 0 Å². The molecule has 1 aliphatic rings. The molecule has 2 atom stereocenters. The summed E-state index contributed by atoms with van der Waals surface area (Å²) in [6.07, 6.45) is 6.74. The van der Waals surface area contributed by atoms with Gasteiger partial charge in [-0.3, -0.25) is 4.79 Å². The fourth-order valence-electron chi connectivity index (χ4n) is 2.61. The Morgan fingerprint density at radius 3 is 2.65 bits per heavy atom. The predicted molar refractivity (Wildman–Crippen MR) is 66.9 cm³/mol. The molecule has 2 unspecified atom stereocenters. The van der Waals surface area contributed by atoms with E-state index in [0.29, 0.717) is 18.4 Å². The highest BCUT2D eigenvalue weighted by atomic mass is 16.4. The second-order valence-electron chi connectivity index (χ2n) is 5.04. The number of unbranched alkanes of at least 4 members (excludes halogenated alkanes) is 2. The number of hydrogen-bond acceptors (Lipinski definition) is 3. The van der Waals surface area contributed by atoms with Crippen LogP contribution in [-0.2, 0) is 4.79 Å².